The monoisotopic (exact) mass is 1390 g/mol. The van der Waals surface area contributed by atoms with Crippen LogP contribution in [0.15, 0.2) is 0 Å². The highest BCUT2D eigenvalue weighted by molar-refractivity contribution is 5.96. The van der Waals surface area contributed by atoms with Crippen LogP contribution in [0.4, 0.5) is 0 Å². The summed E-state index contributed by atoms with van der Waals surface area (Å²) < 4.78 is 22.9. The molecule has 12 bridgehead atoms. The number of fused-ring (bicyclic) bond motifs is 3. The number of ether oxygens (including phenoxy) is 3. The summed E-state index contributed by atoms with van der Waals surface area (Å²) in [5, 5.41) is 25.5. The van der Waals surface area contributed by atoms with E-state index in [0.717, 1.165) is 129 Å². The van der Waals surface area contributed by atoms with Gasteiger partial charge in [-0.25, -0.2) is 0 Å². The average Bonchev–Trinajstić information content (AvgIpc) is 1.75. The van der Waals surface area contributed by atoms with Crippen molar-refractivity contribution in [3.05, 3.63) is 50.9 Å². The minimum atomic E-state index is -0.497. The molecule has 0 saturated heterocycles. The maximum Gasteiger partial charge on any atom is 0.309 e. The molecule has 3 amide bonds. The van der Waals surface area contributed by atoms with Crippen molar-refractivity contribution in [1.82, 2.24) is 45.3 Å². The molecule has 0 spiro atoms. The highest BCUT2D eigenvalue weighted by Crippen LogP contribution is 2.57. The first-order valence-electron chi connectivity index (χ1n) is 41.6. The molecule has 18 aliphatic carbocycles. The summed E-state index contributed by atoms with van der Waals surface area (Å²) in [6.07, 6.45) is 44.2. The van der Waals surface area contributed by atoms with Crippen LogP contribution in [0.25, 0.3) is 0 Å². The molecule has 21 rings (SSSR count). The Bertz CT molecular complexity index is 3470. The van der Waals surface area contributed by atoms with Crippen LogP contribution in [0.5, 0.6) is 0 Å². The second-order valence-electron chi connectivity index (χ2n) is 37.2. The largest absolute Gasteiger partial charge is 0.469 e. The van der Waals surface area contributed by atoms with E-state index in [1.807, 2.05) is 34.6 Å². The predicted molar refractivity (Wildman–Crippen MR) is 384 cm³/mol. The number of methoxy groups -OCH3 is 1. The maximum atomic E-state index is 13.8. The topological polar surface area (TPSA) is 220 Å². The molecule has 3 heterocycles. The van der Waals surface area contributed by atoms with Gasteiger partial charge in [-0.2, -0.15) is 15.3 Å². The van der Waals surface area contributed by atoms with Gasteiger partial charge in [0.25, 0.3) is 17.7 Å². The highest BCUT2D eigenvalue weighted by Gasteiger charge is 2.53. The quantitative estimate of drug-likeness (QED) is 0.107. The van der Waals surface area contributed by atoms with Crippen LogP contribution in [-0.4, -0.2) is 102 Å². The molecule has 3 N–H and O–H groups in total. The summed E-state index contributed by atoms with van der Waals surface area (Å²) in [5.41, 5.74) is 7.93. The zero-order valence-corrected chi connectivity index (χ0v) is 62.1. The van der Waals surface area contributed by atoms with Crippen LogP contribution in [0.1, 0.15) is 330 Å². The number of carbonyl (C=O) groups excluding carboxylic acids is 6. The molecule has 15 saturated carbocycles. The van der Waals surface area contributed by atoms with Gasteiger partial charge in [-0.1, -0.05) is 57.8 Å². The van der Waals surface area contributed by atoms with Gasteiger partial charge in [-0.15, -0.1) is 0 Å². The molecule has 0 aliphatic heterocycles. The first-order valence-corrected chi connectivity index (χ1v) is 41.6. The van der Waals surface area contributed by atoms with Gasteiger partial charge in [-0.3, -0.25) is 42.8 Å². The van der Waals surface area contributed by atoms with Gasteiger partial charge in [0.1, 0.15) is 5.60 Å². The minimum absolute atomic E-state index is 0.00107. The Labute approximate surface area is 600 Å². The van der Waals surface area contributed by atoms with Gasteiger partial charge in [0.15, 0.2) is 17.1 Å². The van der Waals surface area contributed by atoms with Gasteiger partial charge < -0.3 is 30.2 Å². The fourth-order valence-corrected chi connectivity index (χ4v) is 25.0. The third-order valence-electron chi connectivity index (χ3n) is 28.8. The Morgan fingerprint density at radius 3 is 0.931 bits per heavy atom. The summed E-state index contributed by atoms with van der Waals surface area (Å²) in [4.78, 5) is 79.2. The van der Waals surface area contributed by atoms with Crippen LogP contribution < -0.4 is 16.0 Å². The van der Waals surface area contributed by atoms with E-state index in [0.29, 0.717) is 108 Å². The van der Waals surface area contributed by atoms with Crippen LogP contribution >= 0.6 is 0 Å². The SMILES string of the molecule is CC(C)(C)OC(=O)C1CCc2c(c(C(=O)NC3C4CC5CC(C4)CC3C5)nn2C2CCCCC2)C1.CC(C)OC(=O)C1CCc2c(c(C(=O)NC3C4CC5CC(C4)CC3C5)nn2C2CCCCC2)C1.COC(=O)C1CCc2c(c(C(=O)NC3C4CC5CC(C4)CC3C5)nn2C2CCCCC2)C1. The first-order chi connectivity index (χ1) is 48.8. The zero-order chi connectivity index (χ0) is 69.5. The summed E-state index contributed by atoms with van der Waals surface area (Å²) >= 11 is 0. The minimum Gasteiger partial charge on any atom is -0.469 e. The number of rotatable bonds is 13. The molecule has 3 unspecified atom stereocenters. The second kappa shape index (κ2) is 29.1. The van der Waals surface area contributed by atoms with Crippen LogP contribution in [0.3, 0.4) is 0 Å². The van der Waals surface area contributed by atoms with E-state index in [2.05, 4.69) is 30.0 Å². The zero-order valence-electron chi connectivity index (χ0n) is 62.1. The van der Waals surface area contributed by atoms with E-state index >= 15 is 0 Å². The van der Waals surface area contributed by atoms with E-state index in [4.69, 9.17) is 29.5 Å². The van der Waals surface area contributed by atoms with Crippen molar-refractivity contribution in [3.63, 3.8) is 0 Å². The molecule has 18 nitrogen and oxygen atoms in total. The second-order valence-corrected chi connectivity index (χ2v) is 37.2. The van der Waals surface area contributed by atoms with E-state index < -0.39 is 5.60 Å². The van der Waals surface area contributed by atoms with Crippen LogP contribution in [0.2, 0.25) is 0 Å². The predicted octanol–water partition coefficient (Wildman–Crippen LogP) is 14.6. The lowest BCUT2D eigenvalue weighted by atomic mass is 9.54. The van der Waals surface area contributed by atoms with Crippen LogP contribution in [-0.2, 0) is 67.1 Å². The van der Waals surface area contributed by atoms with Crippen molar-refractivity contribution in [2.24, 2.45) is 88.8 Å². The summed E-state index contributed by atoms with van der Waals surface area (Å²) in [6.45, 7) is 9.56. The molecule has 0 radical (unpaired) electrons. The fourth-order valence-electron chi connectivity index (χ4n) is 25.0. The summed E-state index contributed by atoms with van der Waals surface area (Å²) in [6, 6.07) is 2.10. The van der Waals surface area contributed by atoms with Crippen molar-refractivity contribution >= 4 is 35.6 Å². The lowest BCUT2D eigenvalue weighted by molar-refractivity contribution is -0.160. The van der Waals surface area contributed by atoms with Gasteiger partial charge >= 0.3 is 17.9 Å². The van der Waals surface area contributed by atoms with E-state index in [1.165, 1.54) is 178 Å². The molecule has 3 aromatic heterocycles. The van der Waals surface area contributed by atoms with Crippen LogP contribution in [0, 0.1) is 88.8 Å². The Kier molecular flexibility index (Phi) is 20.1. The molecular weight excluding hydrogens is 1270 g/mol. The highest BCUT2D eigenvalue weighted by atomic mass is 16.6. The number of hydrogen-bond acceptors (Lipinski definition) is 12. The first kappa shape index (κ1) is 69.8. The molecule has 101 heavy (non-hydrogen) atoms. The number of carbonyl (C=O) groups is 6. The van der Waals surface area contributed by atoms with Crippen molar-refractivity contribution in [2.75, 3.05) is 7.11 Å². The molecule has 15 fully saturated rings. The third kappa shape index (κ3) is 14.4. The Balaban J connectivity index is 0.000000118. The molecule has 0 aromatic carbocycles. The number of nitrogens with zero attached hydrogens (tertiary/aromatic N) is 6. The molecule has 18 aliphatic rings. The number of amides is 3. The lowest BCUT2D eigenvalue weighted by Gasteiger charge is -2.54. The summed E-state index contributed by atoms with van der Waals surface area (Å²) in [7, 11) is 1.46. The average molecular weight is 1390 g/mol. The van der Waals surface area contributed by atoms with Gasteiger partial charge in [-0.05, 0) is 298 Å². The maximum absolute atomic E-state index is 13.8. The van der Waals surface area contributed by atoms with Crippen molar-refractivity contribution in [1.29, 1.82) is 0 Å². The Hall–Kier alpha value is -5.55. The summed E-state index contributed by atoms with van der Waals surface area (Å²) in [5.74, 6) is 8.25. The number of esters is 3. The van der Waals surface area contributed by atoms with E-state index in [1.54, 1.807) is 0 Å². The fraction of sp³-hybridized carbons (Fsp3) is 0.819. The van der Waals surface area contributed by atoms with Crippen molar-refractivity contribution in [3.8, 4) is 0 Å². The standard InChI is InChI=1S/C29H43N3O3.C28H41N3O3.C26H37N3O3/c1-29(2,3)35-28(34)19-9-10-24-23(16-19)26(31-32(24)22-7-5-4-6-8-22)27(33)30-25-20-12-17-11-18(14-20)15-21(25)13-17;1-16(2)34-28(33)19-8-9-24-23(15-19)26(30-31(24)22-6-4-3-5-7-22)27(32)29-25-20-11-17-10-18(13-20)14-21(25)12-17;1-32-26(31)17-7-8-22-21(14-17)24(28-29(22)20-5-3-2-4-6-20)25(30)27-23-18-10-15-9-16(12-18)13-19(23)11-15/h17-22,25H,4-16H2,1-3H3,(H,30,33);16-22,25H,3-15H2,1-2H3,(H,29,32);15-20,23H,2-14H2,1H3,(H,27,30). The molecule has 3 atom stereocenters. The Morgan fingerprint density at radius 2 is 0.663 bits per heavy atom. The van der Waals surface area contributed by atoms with E-state index in [9.17, 15) is 28.8 Å². The van der Waals surface area contributed by atoms with Gasteiger partial charge in [0, 0.05) is 51.9 Å². The lowest BCUT2D eigenvalue weighted by Crippen LogP contribution is -2.56. The smallest absolute Gasteiger partial charge is 0.309 e. The number of hydrogen-bond donors (Lipinski definition) is 3. The number of aromatic nitrogens is 6. The normalized spacial score (nSPS) is 35.1. The molecule has 18 heteroatoms. The third-order valence-corrected chi connectivity index (χ3v) is 28.8. The molecule has 552 valence electrons. The van der Waals surface area contributed by atoms with Gasteiger partial charge in [0.2, 0.25) is 0 Å². The van der Waals surface area contributed by atoms with Crippen molar-refractivity contribution < 1.29 is 43.0 Å². The molecule has 3 aromatic rings. The number of nitrogens with one attached hydrogen (secondary N) is 3. The molecular formula is C83H121N9O9. The Morgan fingerprint density at radius 1 is 0.386 bits per heavy atom. The van der Waals surface area contributed by atoms with Gasteiger partial charge in [0.05, 0.1) is 49.1 Å². The van der Waals surface area contributed by atoms with Crippen molar-refractivity contribution in [2.45, 2.75) is 333 Å². The van der Waals surface area contributed by atoms with E-state index in [-0.39, 0.29) is 59.5 Å².